The van der Waals surface area contributed by atoms with Gasteiger partial charge in [0, 0.05) is 41.3 Å². The Kier molecular flexibility index (Phi) is 5.73. The van der Waals surface area contributed by atoms with Gasteiger partial charge in [-0.2, -0.15) is 0 Å². The van der Waals surface area contributed by atoms with Gasteiger partial charge in [0.05, 0.1) is 0 Å². The number of hydrogen-bond donors (Lipinski definition) is 4. The summed E-state index contributed by atoms with van der Waals surface area (Å²) in [7, 11) is 0. The van der Waals surface area contributed by atoms with Gasteiger partial charge in [0.2, 0.25) is 5.91 Å². The van der Waals surface area contributed by atoms with Crippen LogP contribution in [0, 0.1) is 0 Å². The number of carbonyl (C=O) groups excluding carboxylic acids is 2. The van der Waals surface area contributed by atoms with Crippen molar-refractivity contribution in [2.75, 3.05) is 11.9 Å². The van der Waals surface area contributed by atoms with E-state index in [9.17, 15) is 9.59 Å². The van der Waals surface area contributed by atoms with Crippen LogP contribution in [-0.4, -0.2) is 36.6 Å². The van der Waals surface area contributed by atoms with Crippen LogP contribution in [0.4, 0.5) is 10.5 Å². The summed E-state index contributed by atoms with van der Waals surface area (Å²) in [4.78, 5) is 23.8. The summed E-state index contributed by atoms with van der Waals surface area (Å²) in [6.07, 6.45) is 4.76. The van der Waals surface area contributed by atoms with Crippen molar-refractivity contribution in [3.05, 3.63) is 28.7 Å². The zero-order chi connectivity index (χ0) is 16.9. The quantitative estimate of drug-likeness (QED) is 0.618. The number of rotatable bonds is 5. The molecular weight excluding hydrogens is 372 g/mol. The lowest BCUT2D eigenvalue weighted by Crippen LogP contribution is -2.48. The molecule has 1 aromatic carbocycles. The van der Waals surface area contributed by atoms with Gasteiger partial charge in [-0.15, -0.1) is 0 Å². The molecule has 2 atom stereocenters. The summed E-state index contributed by atoms with van der Waals surface area (Å²) in [5.74, 6) is 0.00485. The Morgan fingerprint density at radius 3 is 2.46 bits per heavy atom. The van der Waals surface area contributed by atoms with Gasteiger partial charge in [-0.3, -0.25) is 4.79 Å². The lowest BCUT2D eigenvalue weighted by atomic mass is 10.00. The highest BCUT2D eigenvalue weighted by molar-refractivity contribution is 9.10. The van der Waals surface area contributed by atoms with Gasteiger partial charge >= 0.3 is 6.03 Å². The van der Waals surface area contributed by atoms with Gasteiger partial charge in [0.15, 0.2) is 0 Å². The van der Waals surface area contributed by atoms with Crippen LogP contribution in [0.1, 0.15) is 32.1 Å². The van der Waals surface area contributed by atoms with Crippen molar-refractivity contribution in [3.63, 3.8) is 0 Å². The number of anilines is 1. The van der Waals surface area contributed by atoms with Crippen molar-refractivity contribution in [2.45, 2.75) is 50.2 Å². The predicted octanol–water partition coefficient (Wildman–Crippen LogP) is 2.36. The van der Waals surface area contributed by atoms with Crippen LogP contribution in [-0.2, 0) is 4.79 Å². The van der Waals surface area contributed by atoms with Gasteiger partial charge in [-0.05, 0) is 49.9 Å². The van der Waals surface area contributed by atoms with Crippen molar-refractivity contribution in [3.8, 4) is 0 Å². The highest BCUT2D eigenvalue weighted by Gasteiger charge is 2.33. The van der Waals surface area contributed by atoms with Crippen LogP contribution in [0.25, 0.3) is 0 Å². The number of benzene rings is 1. The molecule has 2 aliphatic heterocycles. The SMILES string of the molecule is O=C(CCNC(=O)Nc1ccc(Br)cc1)NC1CC2CCC(C1)N2. The molecule has 4 N–H and O–H groups in total. The van der Waals surface area contributed by atoms with Crippen LogP contribution in [0.15, 0.2) is 28.7 Å². The van der Waals surface area contributed by atoms with E-state index in [1.165, 1.54) is 12.8 Å². The Balaban J connectivity index is 1.33. The fraction of sp³-hybridized carbons (Fsp3) is 0.529. The second-order valence-electron chi connectivity index (χ2n) is 6.51. The van der Waals surface area contributed by atoms with E-state index in [0.29, 0.717) is 30.7 Å². The topological polar surface area (TPSA) is 82.3 Å². The molecule has 0 radical (unpaired) electrons. The first-order chi connectivity index (χ1) is 11.6. The minimum Gasteiger partial charge on any atom is -0.353 e. The summed E-state index contributed by atoms with van der Waals surface area (Å²) in [6.45, 7) is 0.325. The number of nitrogens with one attached hydrogen (secondary N) is 4. The number of hydrogen-bond acceptors (Lipinski definition) is 3. The summed E-state index contributed by atoms with van der Waals surface area (Å²) >= 11 is 3.34. The standard InChI is InChI=1S/C17H23BrN4O2/c18-11-1-3-12(4-2-11)22-17(24)19-8-7-16(23)21-15-9-13-5-6-14(10-15)20-13/h1-4,13-15,20H,5-10H2,(H,21,23)(H2,19,22,24). The molecule has 0 spiro atoms. The first-order valence-corrected chi connectivity index (χ1v) is 9.23. The molecule has 0 saturated carbocycles. The normalized spacial score (nSPS) is 25.1. The fourth-order valence-electron chi connectivity index (χ4n) is 3.47. The lowest BCUT2D eigenvalue weighted by molar-refractivity contribution is -0.121. The first kappa shape index (κ1) is 17.2. The summed E-state index contributed by atoms with van der Waals surface area (Å²) in [5, 5.41) is 12.1. The first-order valence-electron chi connectivity index (χ1n) is 8.44. The number of amides is 3. The molecule has 2 heterocycles. The van der Waals surface area contributed by atoms with E-state index >= 15 is 0 Å². The maximum atomic E-state index is 12.0. The van der Waals surface area contributed by atoms with Crippen LogP contribution >= 0.6 is 15.9 Å². The molecule has 2 saturated heterocycles. The smallest absolute Gasteiger partial charge is 0.319 e. The average molecular weight is 395 g/mol. The second-order valence-corrected chi connectivity index (χ2v) is 7.43. The van der Waals surface area contributed by atoms with Crippen molar-refractivity contribution >= 4 is 33.6 Å². The predicted molar refractivity (Wildman–Crippen MR) is 96.9 cm³/mol. The number of halogens is 1. The molecule has 6 nitrogen and oxygen atoms in total. The van der Waals surface area contributed by atoms with E-state index in [2.05, 4.69) is 37.2 Å². The minimum atomic E-state index is -0.301. The lowest BCUT2D eigenvalue weighted by Gasteiger charge is -2.29. The van der Waals surface area contributed by atoms with Gasteiger partial charge in [-0.25, -0.2) is 4.79 Å². The maximum absolute atomic E-state index is 12.0. The molecule has 7 heteroatoms. The molecule has 3 rings (SSSR count). The van der Waals surface area contributed by atoms with Crippen molar-refractivity contribution in [1.82, 2.24) is 16.0 Å². The largest absolute Gasteiger partial charge is 0.353 e. The molecule has 0 aromatic heterocycles. The Morgan fingerprint density at radius 2 is 1.79 bits per heavy atom. The van der Waals surface area contributed by atoms with Gasteiger partial charge in [0.1, 0.15) is 0 Å². The highest BCUT2D eigenvalue weighted by atomic mass is 79.9. The third kappa shape index (κ3) is 4.95. The van der Waals surface area contributed by atoms with Crippen molar-refractivity contribution in [1.29, 1.82) is 0 Å². The number of carbonyl (C=O) groups is 2. The summed E-state index contributed by atoms with van der Waals surface area (Å²) in [5.41, 5.74) is 0.713. The zero-order valence-corrected chi connectivity index (χ0v) is 15.1. The summed E-state index contributed by atoms with van der Waals surface area (Å²) in [6, 6.07) is 8.42. The molecule has 2 bridgehead atoms. The van der Waals surface area contributed by atoms with E-state index in [1.807, 2.05) is 24.3 Å². The Labute approximate surface area is 150 Å². The minimum absolute atomic E-state index is 0.00485. The monoisotopic (exact) mass is 394 g/mol. The highest BCUT2D eigenvalue weighted by Crippen LogP contribution is 2.26. The molecule has 130 valence electrons. The molecule has 0 aliphatic carbocycles. The third-order valence-corrected chi connectivity index (χ3v) is 5.11. The van der Waals surface area contributed by atoms with Crippen LogP contribution in [0.5, 0.6) is 0 Å². The number of piperidine rings is 1. The number of urea groups is 1. The van der Waals surface area contributed by atoms with Gasteiger partial charge < -0.3 is 21.3 Å². The Bertz CT molecular complexity index is 581. The van der Waals surface area contributed by atoms with Crippen LogP contribution in [0.2, 0.25) is 0 Å². The Hall–Kier alpha value is -1.60. The molecule has 24 heavy (non-hydrogen) atoms. The molecule has 1 aromatic rings. The van der Waals surface area contributed by atoms with E-state index in [1.54, 1.807) is 0 Å². The zero-order valence-electron chi connectivity index (χ0n) is 13.5. The van der Waals surface area contributed by atoms with Gasteiger partial charge in [-0.1, -0.05) is 15.9 Å². The fourth-order valence-corrected chi connectivity index (χ4v) is 3.74. The van der Waals surface area contributed by atoms with Crippen molar-refractivity contribution in [2.24, 2.45) is 0 Å². The number of fused-ring (bicyclic) bond motifs is 2. The van der Waals surface area contributed by atoms with Crippen LogP contribution < -0.4 is 21.3 Å². The average Bonchev–Trinajstić information content (AvgIpc) is 2.88. The van der Waals surface area contributed by atoms with Crippen LogP contribution in [0.3, 0.4) is 0 Å². The second kappa shape index (κ2) is 7.98. The molecule has 2 aliphatic rings. The molecule has 3 amide bonds. The summed E-state index contributed by atoms with van der Waals surface area (Å²) < 4.78 is 0.955. The third-order valence-electron chi connectivity index (χ3n) is 4.58. The van der Waals surface area contributed by atoms with E-state index in [-0.39, 0.29) is 18.0 Å². The van der Waals surface area contributed by atoms with E-state index in [0.717, 1.165) is 17.3 Å². The van der Waals surface area contributed by atoms with E-state index in [4.69, 9.17) is 0 Å². The van der Waals surface area contributed by atoms with E-state index < -0.39 is 0 Å². The van der Waals surface area contributed by atoms with Gasteiger partial charge in [0.25, 0.3) is 0 Å². The Morgan fingerprint density at radius 1 is 1.12 bits per heavy atom. The maximum Gasteiger partial charge on any atom is 0.319 e. The van der Waals surface area contributed by atoms with Crippen molar-refractivity contribution < 1.29 is 9.59 Å². The molecule has 2 unspecified atom stereocenters. The molecular formula is C17H23BrN4O2. The molecule has 2 fully saturated rings.